The van der Waals surface area contributed by atoms with E-state index in [9.17, 15) is 0 Å². The van der Waals surface area contributed by atoms with Crippen LogP contribution >= 0.6 is 0 Å². The Morgan fingerprint density at radius 3 is 2.50 bits per heavy atom. The zero-order chi connectivity index (χ0) is 11.6. The van der Waals surface area contributed by atoms with Gasteiger partial charge >= 0.3 is 0 Å². The van der Waals surface area contributed by atoms with Gasteiger partial charge in [0, 0.05) is 5.92 Å². The lowest BCUT2D eigenvalue weighted by Gasteiger charge is -2.39. The fourth-order valence-electron chi connectivity index (χ4n) is 2.47. The van der Waals surface area contributed by atoms with Crippen LogP contribution in [0.3, 0.4) is 0 Å². The molecular formula is C15H24F-. The molecule has 0 aromatic rings. The normalized spacial score (nSPS) is 29.3. The van der Waals surface area contributed by atoms with Gasteiger partial charge in [0.05, 0.1) is 0 Å². The van der Waals surface area contributed by atoms with Crippen LogP contribution < -0.4 is 4.70 Å². The Morgan fingerprint density at radius 1 is 1.56 bits per heavy atom. The van der Waals surface area contributed by atoms with Crippen molar-refractivity contribution >= 4 is 0 Å². The number of hydrogen-bond acceptors (Lipinski definition) is 0. The van der Waals surface area contributed by atoms with Crippen molar-refractivity contribution in [2.24, 2.45) is 17.3 Å². The molecule has 0 bridgehead atoms. The van der Waals surface area contributed by atoms with Crippen molar-refractivity contribution in [2.45, 2.75) is 40.5 Å². The molecule has 0 aromatic heterocycles. The molecule has 16 heavy (non-hydrogen) atoms. The predicted octanol–water partition coefficient (Wildman–Crippen LogP) is 1.75. The summed E-state index contributed by atoms with van der Waals surface area (Å²) in [6.07, 6.45) is 6.96. The highest BCUT2D eigenvalue weighted by Gasteiger charge is 2.34. The van der Waals surface area contributed by atoms with Gasteiger partial charge in [-0.3, -0.25) is 0 Å². The maximum absolute atomic E-state index is 4.12. The van der Waals surface area contributed by atoms with Gasteiger partial charge < -0.3 is 4.70 Å². The van der Waals surface area contributed by atoms with E-state index in [1.807, 2.05) is 0 Å². The van der Waals surface area contributed by atoms with Crippen molar-refractivity contribution < 1.29 is 4.70 Å². The highest BCUT2D eigenvalue weighted by Crippen LogP contribution is 2.45. The molecule has 0 fully saturated rings. The third-order valence-corrected chi connectivity index (χ3v) is 3.78. The first-order valence-corrected chi connectivity index (χ1v) is 5.90. The van der Waals surface area contributed by atoms with Crippen LogP contribution in [0.15, 0.2) is 36.5 Å². The summed E-state index contributed by atoms with van der Waals surface area (Å²) in [6.45, 7) is 17.1. The molecule has 1 aliphatic carbocycles. The van der Waals surface area contributed by atoms with Gasteiger partial charge in [0.25, 0.3) is 0 Å². The first-order chi connectivity index (χ1) is 6.90. The van der Waals surface area contributed by atoms with E-state index in [0.717, 1.165) is 0 Å². The van der Waals surface area contributed by atoms with E-state index in [-0.39, 0.29) is 10.1 Å². The molecule has 0 aliphatic heterocycles. The van der Waals surface area contributed by atoms with Crippen molar-refractivity contribution in [1.82, 2.24) is 0 Å². The summed E-state index contributed by atoms with van der Waals surface area (Å²) in [7, 11) is 0. The average Bonchev–Trinajstić information content (AvgIpc) is 2.17. The van der Waals surface area contributed by atoms with Crippen LogP contribution in [0, 0.1) is 17.3 Å². The summed E-state index contributed by atoms with van der Waals surface area (Å²) in [4.78, 5) is 0. The molecule has 0 nitrogen and oxygen atoms in total. The van der Waals surface area contributed by atoms with E-state index in [0.29, 0.717) is 11.8 Å². The molecule has 0 heterocycles. The van der Waals surface area contributed by atoms with Crippen molar-refractivity contribution in [3.8, 4) is 0 Å². The first kappa shape index (κ1) is 15.2. The lowest BCUT2D eigenvalue weighted by atomic mass is 9.65. The van der Waals surface area contributed by atoms with Crippen molar-refractivity contribution in [3.05, 3.63) is 36.5 Å². The quantitative estimate of drug-likeness (QED) is 0.640. The highest BCUT2D eigenvalue weighted by atomic mass is 19.0. The van der Waals surface area contributed by atoms with E-state index >= 15 is 0 Å². The molecule has 0 amide bonds. The van der Waals surface area contributed by atoms with Gasteiger partial charge in [-0.25, -0.2) is 0 Å². The molecule has 2 atom stereocenters. The number of allylic oxidation sites excluding steroid dienone is 4. The second kappa shape index (κ2) is 5.47. The molecule has 0 radical (unpaired) electrons. The molecule has 1 heteroatoms. The predicted molar refractivity (Wildman–Crippen MR) is 68.8 cm³/mol. The van der Waals surface area contributed by atoms with Gasteiger partial charge in [0.2, 0.25) is 0 Å². The molecule has 0 aromatic carbocycles. The second-order valence-corrected chi connectivity index (χ2v) is 5.43. The first-order valence-electron chi connectivity index (χ1n) is 5.90. The molecular weight excluding hydrogens is 199 g/mol. The number of halogens is 1. The SMILES string of the molecule is C=C[C@@]1(C)CCC(C(C)C)=C[C@H]1C(=C)C.[F-]. The van der Waals surface area contributed by atoms with Gasteiger partial charge in [-0.2, -0.15) is 0 Å². The summed E-state index contributed by atoms with van der Waals surface area (Å²) in [5.41, 5.74) is 3.06. The molecule has 0 N–H and O–H groups in total. The Labute approximate surface area is 99.5 Å². The van der Waals surface area contributed by atoms with Crippen LogP contribution in [0.2, 0.25) is 0 Å². The molecule has 1 aliphatic rings. The summed E-state index contributed by atoms with van der Waals surface area (Å²) in [5, 5.41) is 0. The maximum Gasteiger partial charge on any atom is 0.00625 e. The van der Waals surface area contributed by atoms with Crippen LogP contribution in [-0.4, -0.2) is 0 Å². The van der Waals surface area contributed by atoms with Crippen LogP contribution in [-0.2, 0) is 0 Å². The summed E-state index contributed by atoms with van der Waals surface area (Å²) < 4.78 is 0. The minimum absolute atomic E-state index is 0. The highest BCUT2D eigenvalue weighted by molar-refractivity contribution is 5.25. The molecule has 0 saturated heterocycles. The van der Waals surface area contributed by atoms with E-state index < -0.39 is 0 Å². The van der Waals surface area contributed by atoms with Gasteiger partial charge in [0.15, 0.2) is 0 Å². The molecule has 1 rings (SSSR count). The lowest BCUT2D eigenvalue weighted by Crippen LogP contribution is -3.00. The fourth-order valence-corrected chi connectivity index (χ4v) is 2.47. The zero-order valence-corrected chi connectivity index (χ0v) is 11.0. The van der Waals surface area contributed by atoms with Crippen LogP contribution in [0.4, 0.5) is 0 Å². The van der Waals surface area contributed by atoms with Crippen LogP contribution in [0.25, 0.3) is 0 Å². The van der Waals surface area contributed by atoms with E-state index in [4.69, 9.17) is 0 Å². The van der Waals surface area contributed by atoms with Gasteiger partial charge in [-0.1, -0.05) is 50.6 Å². The Morgan fingerprint density at radius 2 is 2.12 bits per heavy atom. The Hall–Kier alpha value is -0.850. The van der Waals surface area contributed by atoms with Crippen molar-refractivity contribution in [1.29, 1.82) is 0 Å². The lowest BCUT2D eigenvalue weighted by molar-refractivity contribution is -0.00000369. The Kier molecular flexibility index (Phi) is 5.18. The zero-order valence-electron chi connectivity index (χ0n) is 11.0. The Bertz CT molecular complexity index is 299. The minimum atomic E-state index is 0. The smallest absolute Gasteiger partial charge is 0.00625 e. The van der Waals surface area contributed by atoms with Crippen LogP contribution in [0.1, 0.15) is 40.5 Å². The minimum Gasteiger partial charge on any atom is -1.00 e. The number of hydrogen-bond donors (Lipinski definition) is 0. The van der Waals surface area contributed by atoms with Crippen molar-refractivity contribution in [2.75, 3.05) is 0 Å². The monoisotopic (exact) mass is 223 g/mol. The fraction of sp³-hybridized carbons (Fsp3) is 0.600. The molecule has 0 unspecified atom stereocenters. The number of rotatable bonds is 3. The standard InChI is InChI=1S/C15H24.FH/c1-7-15(6)9-8-13(11(2)3)10-14(15)12(4)5;/h7,10-11,14H,1,4,8-9H2,2-3,5-6H3;1H/p-1/t14-,15-;/m0./s1. The molecule has 0 spiro atoms. The third kappa shape index (κ3) is 2.84. The second-order valence-electron chi connectivity index (χ2n) is 5.43. The van der Waals surface area contributed by atoms with Crippen molar-refractivity contribution in [3.63, 3.8) is 0 Å². The molecule has 92 valence electrons. The summed E-state index contributed by atoms with van der Waals surface area (Å²) in [6, 6.07) is 0. The van der Waals surface area contributed by atoms with Gasteiger partial charge in [0.1, 0.15) is 0 Å². The Balaban J connectivity index is 0.00000225. The molecule has 0 saturated carbocycles. The van der Waals surface area contributed by atoms with E-state index in [1.165, 1.54) is 18.4 Å². The van der Waals surface area contributed by atoms with Gasteiger partial charge in [-0.05, 0) is 31.1 Å². The van der Waals surface area contributed by atoms with Crippen LogP contribution in [0.5, 0.6) is 0 Å². The summed E-state index contributed by atoms with van der Waals surface area (Å²) >= 11 is 0. The van der Waals surface area contributed by atoms with Gasteiger partial charge in [-0.15, -0.1) is 6.58 Å². The average molecular weight is 223 g/mol. The summed E-state index contributed by atoms with van der Waals surface area (Å²) in [5.74, 6) is 1.14. The largest absolute Gasteiger partial charge is 1.00 e. The van der Waals surface area contributed by atoms with E-state index in [1.54, 1.807) is 5.57 Å². The topological polar surface area (TPSA) is 0 Å². The maximum atomic E-state index is 4.12. The van der Waals surface area contributed by atoms with E-state index in [2.05, 4.69) is 53.0 Å². The third-order valence-electron chi connectivity index (χ3n) is 3.78.